The molecule has 0 bridgehead atoms. The third-order valence-electron chi connectivity index (χ3n) is 3.81. The smallest absolute Gasteiger partial charge is 0.287 e. The molecule has 2 rings (SSSR count). The van der Waals surface area contributed by atoms with E-state index < -0.39 is 27.6 Å². The summed E-state index contributed by atoms with van der Waals surface area (Å²) < 4.78 is 26.4. The quantitative estimate of drug-likeness (QED) is 0.514. The summed E-state index contributed by atoms with van der Waals surface area (Å²) in [5, 5.41) is 2.46. The van der Waals surface area contributed by atoms with E-state index in [-0.39, 0.29) is 18.0 Å². The number of Topliss-reactive ketones (excluding diaryl/α,β-unsaturated/α-hetero) is 1. The van der Waals surface area contributed by atoms with Crippen LogP contribution in [0.2, 0.25) is 0 Å². The highest BCUT2D eigenvalue weighted by molar-refractivity contribution is 7.89. The van der Waals surface area contributed by atoms with E-state index in [1.165, 1.54) is 12.1 Å². The van der Waals surface area contributed by atoms with Crippen LogP contribution in [0.25, 0.3) is 0 Å². The van der Waals surface area contributed by atoms with E-state index >= 15 is 0 Å². The summed E-state index contributed by atoms with van der Waals surface area (Å²) in [5.74, 6) is -1.66. The Morgan fingerprint density at radius 3 is 2.12 bits per heavy atom. The second-order valence-corrected chi connectivity index (χ2v) is 7.69. The van der Waals surface area contributed by atoms with Crippen LogP contribution in [0.1, 0.15) is 12.5 Å². The standard InChI is InChI=1S/C19H22N2O4S/c1-15(14-16-8-4-2-5-9-16)18(22)19(23)20-12-13-21-26(24,25)17-10-6-3-7-11-17/h2-11,15,21H,12-14H2,1H3,(H,20,23)/t15-/m0/s1. The van der Waals surface area contributed by atoms with Crippen LogP contribution in [0.5, 0.6) is 0 Å². The molecule has 138 valence electrons. The maximum Gasteiger partial charge on any atom is 0.287 e. The van der Waals surface area contributed by atoms with E-state index in [0.717, 1.165) is 5.56 Å². The van der Waals surface area contributed by atoms with Gasteiger partial charge in [0.15, 0.2) is 0 Å². The summed E-state index contributed by atoms with van der Waals surface area (Å²) in [5.41, 5.74) is 0.983. The van der Waals surface area contributed by atoms with E-state index in [1.807, 2.05) is 30.3 Å². The van der Waals surface area contributed by atoms with Crippen molar-refractivity contribution < 1.29 is 18.0 Å². The van der Waals surface area contributed by atoms with E-state index in [9.17, 15) is 18.0 Å². The Labute approximate surface area is 153 Å². The molecule has 2 aromatic carbocycles. The van der Waals surface area contributed by atoms with Crippen LogP contribution in [-0.2, 0) is 26.0 Å². The molecule has 2 aromatic rings. The number of sulfonamides is 1. The number of carbonyl (C=O) groups excluding carboxylic acids is 2. The number of amides is 1. The first kappa shape index (κ1) is 19.8. The highest BCUT2D eigenvalue weighted by Crippen LogP contribution is 2.09. The molecule has 0 aromatic heterocycles. The minimum absolute atomic E-state index is 0.00329. The molecule has 0 fully saturated rings. The van der Waals surface area contributed by atoms with Gasteiger partial charge >= 0.3 is 0 Å². The molecular formula is C19H22N2O4S. The average molecular weight is 374 g/mol. The number of benzene rings is 2. The minimum atomic E-state index is -3.62. The molecule has 0 saturated heterocycles. The van der Waals surface area contributed by atoms with Crippen molar-refractivity contribution in [2.75, 3.05) is 13.1 Å². The number of hydrogen-bond donors (Lipinski definition) is 2. The molecule has 0 aliphatic carbocycles. The summed E-state index contributed by atoms with van der Waals surface area (Å²) in [4.78, 5) is 24.2. The highest BCUT2D eigenvalue weighted by Gasteiger charge is 2.21. The van der Waals surface area contributed by atoms with Gasteiger partial charge in [0.25, 0.3) is 5.91 Å². The Bertz CT molecular complexity index is 836. The molecule has 0 spiro atoms. The zero-order valence-electron chi connectivity index (χ0n) is 14.5. The molecule has 1 amide bonds. The summed E-state index contributed by atoms with van der Waals surface area (Å²) in [7, 11) is -3.62. The van der Waals surface area contributed by atoms with Crippen molar-refractivity contribution in [3.05, 3.63) is 66.2 Å². The Morgan fingerprint density at radius 1 is 0.923 bits per heavy atom. The third-order valence-corrected chi connectivity index (χ3v) is 5.29. The van der Waals surface area contributed by atoms with Crippen molar-refractivity contribution in [2.45, 2.75) is 18.2 Å². The van der Waals surface area contributed by atoms with Gasteiger partial charge in [0, 0.05) is 19.0 Å². The molecule has 0 aliphatic heterocycles. The Hall–Kier alpha value is -2.51. The van der Waals surface area contributed by atoms with Crippen LogP contribution >= 0.6 is 0 Å². The van der Waals surface area contributed by atoms with Crippen molar-refractivity contribution >= 4 is 21.7 Å². The third kappa shape index (κ3) is 5.79. The zero-order chi connectivity index (χ0) is 19.0. The lowest BCUT2D eigenvalue weighted by Gasteiger charge is -2.11. The molecule has 0 unspecified atom stereocenters. The van der Waals surface area contributed by atoms with Gasteiger partial charge in [-0.2, -0.15) is 0 Å². The second kappa shape index (κ2) is 9.26. The van der Waals surface area contributed by atoms with Crippen LogP contribution < -0.4 is 10.0 Å². The minimum Gasteiger partial charge on any atom is -0.348 e. The van der Waals surface area contributed by atoms with Gasteiger partial charge in [-0.15, -0.1) is 0 Å². The Kier molecular flexibility index (Phi) is 7.06. The van der Waals surface area contributed by atoms with Crippen molar-refractivity contribution in [3.63, 3.8) is 0 Å². The fraction of sp³-hybridized carbons (Fsp3) is 0.263. The summed E-state index contributed by atoms with van der Waals surface area (Å²) in [6.07, 6.45) is 0.480. The van der Waals surface area contributed by atoms with Crippen LogP contribution in [0, 0.1) is 5.92 Å². The maximum absolute atomic E-state index is 12.1. The maximum atomic E-state index is 12.1. The van der Waals surface area contributed by atoms with Gasteiger partial charge < -0.3 is 5.32 Å². The number of rotatable bonds is 9. The van der Waals surface area contributed by atoms with E-state index in [0.29, 0.717) is 6.42 Å². The summed E-state index contributed by atoms with van der Waals surface area (Å²) in [6.45, 7) is 1.74. The van der Waals surface area contributed by atoms with E-state index in [1.54, 1.807) is 25.1 Å². The van der Waals surface area contributed by atoms with Gasteiger partial charge in [-0.05, 0) is 24.1 Å². The van der Waals surface area contributed by atoms with E-state index in [2.05, 4.69) is 10.0 Å². The molecule has 0 aliphatic rings. The van der Waals surface area contributed by atoms with Crippen molar-refractivity contribution in [3.8, 4) is 0 Å². The Balaban J connectivity index is 1.77. The van der Waals surface area contributed by atoms with Crippen LogP contribution in [0.3, 0.4) is 0 Å². The SMILES string of the molecule is C[C@@H](Cc1ccccc1)C(=O)C(=O)NCCNS(=O)(=O)c1ccccc1. The topological polar surface area (TPSA) is 92.3 Å². The predicted molar refractivity (Wildman–Crippen MR) is 99.0 cm³/mol. The first-order chi connectivity index (χ1) is 12.4. The second-order valence-electron chi connectivity index (χ2n) is 5.92. The van der Waals surface area contributed by atoms with Crippen LogP contribution in [-0.4, -0.2) is 33.2 Å². The fourth-order valence-corrected chi connectivity index (χ4v) is 3.47. The number of ketones is 1. The van der Waals surface area contributed by atoms with Gasteiger partial charge in [-0.25, -0.2) is 13.1 Å². The monoisotopic (exact) mass is 374 g/mol. The lowest BCUT2D eigenvalue weighted by atomic mass is 9.97. The predicted octanol–water partition coefficient (Wildman–Crippen LogP) is 1.53. The van der Waals surface area contributed by atoms with Gasteiger partial charge in [0.1, 0.15) is 0 Å². The molecule has 7 heteroatoms. The first-order valence-corrected chi connectivity index (χ1v) is 9.79. The molecule has 0 radical (unpaired) electrons. The van der Waals surface area contributed by atoms with Crippen molar-refractivity contribution in [1.82, 2.24) is 10.0 Å². The lowest BCUT2D eigenvalue weighted by molar-refractivity contribution is -0.139. The zero-order valence-corrected chi connectivity index (χ0v) is 15.3. The molecule has 0 heterocycles. The van der Waals surface area contributed by atoms with Crippen molar-refractivity contribution in [2.24, 2.45) is 5.92 Å². The number of nitrogens with one attached hydrogen (secondary N) is 2. The van der Waals surface area contributed by atoms with Gasteiger partial charge in [0.05, 0.1) is 4.90 Å². The first-order valence-electron chi connectivity index (χ1n) is 8.31. The summed E-state index contributed by atoms with van der Waals surface area (Å²) >= 11 is 0. The molecular weight excluding hydrogens is 352 g/mol. The number of carbonyl (C=O) groups is 2. The highest BCUT2D eigenvalue weighted by atomic mass is 32.2. The summed E-state index contributed by atoms with van der Waals surface area (Å²) in [6, 6.07) is 17.4. The lowest BCUT2D eigenvalue weighted by Crippen LogP contribution is -2.39. The van der Waals surface area contributed by atoms with E-state index in [4.69, 9.17) is 0 Å². The van der Waals surface area contributed by atoms with Crippen molar-refractivity contribution in [1.29, 1.82) is 0 Å². The average Bonchev–Trinajstić information content (AvgIpc) is 2.66. The normalized spacial score (nSPS) is 12.3. The van der Waals surface area contributed by atoms with Gasteiger partial charge in [0.2, 0.25) is 15.8 Å². The largest absolute Gasteiger partial charge is 0.348 e. The van der Waals surface area contributed by atoms with Crippen LogP contribution in [0.15, 0.2) is 65.6 Å². The van der Waals surface area contributed by atoms with Gasteiger partial charge in [-0.1, -0.05) is 55.5 Å². The van der Waals surface area contributed by atoms with Gasteiger partial charge in [-0.3, -0.25) is 9.59 Å². The molecule has 1 atom stereocenters. The fourth-order valence-electron chi connectivity index (χ4n) is 2.42. The Morgan fingerprint density at radius 2 is 1.50 bits per heavy atom. The molecule has 0 saturated carbocycles. The molecule has 26 heavy (non-hydrogen) atoms. The molecule has 6 nitrogen and oxygen atoms in total. The van der Waals surface area contributed by atoms with Crippen LogP contribution in [0.4, 0.5) is 0 Å². The number of hydrogen-bond acceptors (Lipinski definition) is 4. The molecule has 2 N–H and O–H groups in total.